The number of methoxy groups -OCH3 is 2. The fraction of sp³-hybridized carbons (Fsp3) is 0.217. The second-order valence-electron chi connectivity index (χ2n) is 7.10. The Bertz CT molecular complexity index is 1200. The standard InChI is InChI=1S/C23H22N2O6S/c1-12-19(9-13-4-7-16-18(8-13)31-11-30-16)32-23(20(12)21(24)26)25-22(27)15-6-5-14(28-2)10-17(15)29-3/h4-8,10H,9,11H2,1-3H3,(H2,24,26)(H,25,27). The Morgan fingerprint density at radius 1 is 1.09 bits per heavy atom. The minimum Gasteiger partial charge on any atom is -0.497 e. The minimum atomic E-state index is -0.604. The summed E-state index contributed by atoms with van der Waals surface area (Å²) in [6.07, 6.45) is 0.551. The Kier molecular flexibility index (Phi) is 5.91. The van der Waals surface area contributed by atoms with Gasteiger partial charge >= 0.3 is 0 Å². The zero-order chi connectivity index (χ0) is 22.8. The lowest BCUT2D eigenvalue weighted by molar-refractivity contribution is 0.100. The highest BCUT2D eigenvalue weighted by molar-refractivity contribution is 7.17. The number of hydrogen-bond acceptors (Lipinski definition) is 7. The molecule has 1 aliphatic heterocycles. The summed E-state index contributed by atoms with van der Waals surface area (Å²) < 4.78 is 21.3. The molecule has 8 nitrogen and oxygen atoms in total. The third kappa shape index (κ3) is 4.06. The zero-order valence-corrected chi connectivity index (χ0v) is 18.6. The predicted octanol–water partition coefficient (Wildman–Crippen LogP) is 3.74. The molecule has 2 aromatic carbocycles. The lowest BCUT2D eigenvalue weighted by atomic mass is 10.0. The van der Waals surface area contributed by atoms with E-state index in [1.54, 1.807) is 18.2 Å². The molecule has 0 radical (unpaired) electrons. The van der Waals surface area contributed by atoms with Gasteiger partial charge in [0.25, 0.3) is 11.8 Å². The number of nitrogens with one attached hydrogen (secondary N) is 1. The second-order valence-corrected chi connectivity index (χ2v) is 8.21. The molecule has 0 bridgehead atoms. The van der Waals surface area contributed by atoms with Crippen molar-refractivity contribution in [1.82, 2.24) is 0 Å². The van der Waals surface area contributed by atoms with Gasteiger partial charge in [0.05, 0.1) is 25.3 Å². The molecule has 32 heavy (non-hydrogen) atoms. The third-order valence-electron chi connectivity index (χ3n) is 5.17. The molecule has 1 aromatic heterocycles. The van der Waals surface area contributed by atoms with Gasteiger partial charge in [0, 0.05) is 17.4 Å². The Labute approximate surface area is 188 Å². The molecule has 2 heterocycles. The van der Waals surface area contributed by atoms with E-state index in [2.05, 4.69) is 5.32 Å². The number of amides is 2. The van der Waals surface area contributed by atoms with E-state index < -0.39 is 11.8 Å². The van der Waals surface area contributed by atoms with E-state index in [4.69, 9.17) is 24.7 Å². The maximum absolute atomic E-state index is 13.0. The summed E-state index contributed by atoms with van der Waals surface area (Å²) in [5.41, 5.74) is 7.98. The van der Waals surface area contributed by atoms with Crippen LogP contribution in [0, 0.1) is 6.92 Å². The number of carbonyl (C=O) groups excluding carboxylic acids is 2. The van der Waals surface area contributed by atoms with Gasteiger partial charge in [-0.3, -0.25) is 9.59 Å². The van der Waals surface area contributed by atoms with Crippen molar-refractivity contribution >= 4 is 28.2 Å². The van der Waals surface area contributed by atoms with Crippen molar-refractivity contribution in [3.63, 3.8) is 0 Å². The van der Waals surface area contributed by atoms with Crippen LogP contribution in [0.25, 0.3) is 0 Å². The molecule has 0 unspecified atom stereocenters. The Morgan fingerprint density at radius 3 is 2.59 bits per heavy atom. The minimum absolute atomic E-state index is 0.202. The van der Waals surface area contributed by atoms with Crippen molar-refractivity contribution in [3.8, 4) is 23.0 Å². The Balaban J connectivity index is 1.63. The van der Waals surface area contributed by atoms with Crippen molar-refractivity contribution in [2.75, 3.05) is 26.3 Å². The fourth-order valence-corrected chi connectivity index (χ4v) is 4.75. The first-order valence-corrected chi connectivity index (χ1v) is 10.6. The number of primary amides is 1. The van der Waals surface area contributed by atoms with E-state index in [0.29, 0.717) is 45.5 Å². The maximum Gasteiger partial charge on any atom is 0.260 e. The summed E-state index contributed by atoms with van der Waals surface area (Å²) in [7, 11) is 3.00. The van der Waals surface area contributed by atoms with Crippen molar-refractivity contribution in [2.45, 2.75) is 13.3 Å². The Hall–Kier alpha value is -3.72. The van der Waals surface area contributed by atoms with Gasteiger partial charge in [0.1, 0.15) is 16.5 Å². The van der Waals surface area contributed by atoms with Crippen molar-refractivity contribution in [1.29, 1.82) is 0 Å². The van der Waals surface area contributed by atoms with Crippen LogP contribution in [0.5, 0.6) is 23.0 Å². The monoisotopic (exact) mass is 454 g/mol. The molecule has 0 saturated heterocycles. The van der Waals surface area contributed by atoms with E-state index >= 15 is 0 Å². The molecule has 0 spiro atoms. The van der Waals surface area contributed by atoms with Gasteiger partial charge in [-0.25, -0.2) is 0 Å². The molecule has 2 amide bonds. The van der Waals surface area contributed by atoms with Crippen LogP contribution in [0.4, 0.5) is 5.00 Å². The number of fused-ring (bicyclic) bond motifs is 1. The summed E-state index contributed by atoms with van der Waals surface area (Å²) in [6.45, 7) is 2.02. The highest BCUT2D eigenvalue weighted by atomic mass is 32.1. The van der Waals surface area contributed by atoms with E-state index in [9.17, 15) is 9.59 Å². The van der Waals surface area contributed by atoms with E-state index in [-0.39, 0.29) is 6.79 Å². The molecule has 166 valence electrons. The molecule has 0 saturated carbocycles. The zero-order valence-electron chi connectivity index (χ0n) is 17.8. The lowest BCUT2D eigenvalue weighted by Crippen LogP contribution is -2.18. The molecule has 4 rings (SSSR count). The number of thiophene rings is 1. The van der Waals surface area contributed by atoms with Gasteiger partial charge in [-0.05, 0) is 42.3 Å². The van der Waals surface area contributed by atoms with Crippen LogP contribution in [-0.2, 0) is 6.42 Å². The summed E-state index contributed by atoms with van der Waals surface area (Å²) in [6, 6.07) is 10.6. The van der Waals surface area contributed by atoms with E-state index in [0.717, 1.165) is 16.0 Å². The molecule has 1 aliphatic rings. The first-order valence-electron chi connectivity index (χ1n) is 9.75. The summed E-state index contributed by atoms with van der Waals surface area (Å²) >= 11 is 1.32. The largest absolute Gasteiger partial charge is 0.497 e. The van der Waals surface area contributed by atoms with Gasteiger partial charge in [0.15, 0.2) is 11.5 Å². The molecule has 9 heteroatoms. The number of anilines is 1. The molecule has 3 N–H and O–H groups in total. The number of nitrogens with two attached hydrogens (primary N) is 1. The number of ether oxygens (including phenoxy) is 4. The predicted molar refractivity (Wildman–Crippen MR) is 120 cm³/mol. The molecule has 0 atom stereocenters. The third-order valence-corrected chi connectivity index (χ3v) is 6.38. The van der Waals surface area contributed by atoms with Crippen molar-refractivity contribution in [3.05, 3.63) is 63.5 Å². The smallest absolute Gasteiger partial charge is 0.260 e. The second kappa shape index (κ2) is 8.80. The van der Waals surface area contributed by atoms with Gasteiger partial charge < -0.3 is 30.0 Å². The van der Waals surface area contributed by atoms with Crippen LogP contribution in [0.3, 0.4) is 0 Å². The molecular formula is C23H22N2O6S. The maximum atomic E-state index is 13.0. The first-order chi connectivity index (χ1) is 15.4. The number of benzene rings is 2. The molecule has 0 fully saturated rings. The van der Waals surface area contributed by atoms with Crippen molar-refractivity contribution in [2.24, 2.45) is 5.73 Å². The van der Waals surface area contributed by atoms with Gasteiger partial charge in [-0.1, -0.05) is 6.07 Å². The SMILES string of the molecule is COc1ccc(C(=O)Nc2sc(Cc3ccc4c(c3)OCO4)c(C)c2C(N)=O)c(OC)c1. The average molecular weight is 455 g/mol. The molecule has 3 aromatic rings. The highest BCUT2D eigenvalue weighted by Gasteiger charge is 2.23. The number of hydrogen-bond donors (Lipinski definition) is 2. The van der Waals surface area contributed by atoms with Crippen LogP contribution < -0.4 is 30.0 Å². The number of carbonyl (C=O) groups is 2. The summed E-state index contributed by atoms with van der Waals surface area (Å²) in [5, 5.41) is 3.22. The quantitative estimate of drug-likeness (QED) is 0.563. The van der Waals surface area contributed by atoms with Gasteiger partial charge in [0.2, 0.25) is 6.79 Å². The Morgan fingerprint density at radius 2 is 1.88 bits per heavy atom. The van der Waals surface area contributed by atoms with Crippen LogP contribution in [0.15, 0.2) is 36.4 Å². The molecular weight excluding hydrogens is 432 g/mol. The van der Waals surface area contributed by atoms with E-state index in [1.807, 2.05) is 25.1 Å². The summed E-state index contributed by atoms with van der Waals surface area (Å²) in [5.74, 6) is 1.30. The number of rotatable bonds is 7. The lowest BCUT2D eigenvalue weighted by Gasteiger charge is -2.10. The topological polar surface area (TPSA) is 109 Å². The van der Waals surface area contributed by atoms with Crippen LogP contribution in [0.1, 0.15) is 36.7 Å². The van der Waals surface area contributed by atoms with Crippen molar-refractivity contribution < 1.29 is 28.5 Å². The van der Waals surface area contributed by atoms with Gasteiger partial charge in [-0.15, -0.1) is 11.3 Å². The van der Waals surface area contributed by atoms with Crippen LogP contribution in [-0.4, -0.2) is 32.8 Å². The average Bonchev–Trinajstić information content (AvgIpc) is 3.37. The normalized spacial score (nSPS) is 11.8. The first kappa shape index (κ1) is 21.5. The molecule has 0 aliphatic carbocycles. The van der Waals surface area contributed by atoms with E-state index in [1.165, 1.54) is 25.6 Å². The van der Waals surface area contributed by atoms with Crippen LogP contribution in [0.2, 0.25) is 0 Å². The summed E-state index contributed by atoms with van der Waals surface area (Å²) in [4.78, 5) is 26.1. The van der Waals surface area contributed by atoms with Gasteiger partial charge in [-0.2, -0.15) is 0 Å². The highest BCUT2D eigenvalue weighted by Crippen LogP contribution is 2.38. The fourth-order valence-electron chi connectivity index (χ4n) is 3.51. The van der Waals surface area contributed by atoms with Crippen LogP contribution >= 0.6 is 11.3 Å².